The third-order valence-electron chi connectivity index (χ3n) is 5.49. The first kappa shape index (κ1) is 19.3. The van der Waals surface area contributed by atoms with E-state index in [9.17, 15) is 9.59 Å². The topological polar surface area (TPSA) is 76.0 Å². The normalized spacial score (nSPS) is 21.2. The molecule has 0 spiro atoms. The molecule has 28 heavy (non-hydrogen) atoms. The molecular formula is C20H23ClN4O2S. The average molecular weight is 419 g/mol. The Morgan fingerprint density at radius 2 is 1.89 bits per heavy atom. The van der Waals surface area contributed by atoms with Gasteiger partial charge in [-0.2, -0.15) is 16.9 Å². The van der Waals surface area contributed by atoms with Crippen LogP contribution in [0.5, 0.6) is 0 Å². The van der Waals surface area contributed by atoms with E-state index in [1.165, 1.54) is 6.42 Å². The predicted molar refractivity (Wildman–Crippen MR) is 112 cm³/mol. The first-order chi connectivity index (χ1) is 13.5. The number of thioether (sulfide) groups is 1. The zero-order valence-electron chi connectivity index (χ0n) is 15.7. The van der Waals surface area contributed by atoms with E-state index in [-0.39, 0.29) is 6.04 Å². The third kappa shape index (κ3) is 3.91. The van der Waals surface area contributed by atoms with Crippen LogP contribution in [0.3, 0.4) is 0 Å². The summed E-state index contributed by atoms with van der Waals surface area (Å²) in [5.41, 5.74) is 2.71. The second-order valence-electron chi connectivity index (χ2n) is 7.45. The van der Waals surface area contributed by atoms with Gasteiger partial charge in [0.1, 0.15) is 5.82 Å². The fourth-order valence-electron chi connectivity index (χ4n) is 3.84. The molecule has 0 saturated heterocycles. The molecule has 1 aromatic heterocycles. The summed E-state index contributed by atoms with van der Waals surface area (Å²) in [7, 11) is 0. The molecule has 2 aromatic rings. The van der Waals surface area contributed by atoms with Crippen molar-refractivity contribution >= 4 is 41.0 Å². The Bertz CT molecular complexity index is 896. The number of anilines is 1. The van der Waals surface area contributed by atoms with Gasteiger partial charge in [-0.15, -0.1) is 0 Å². The van der Waals surface area contributed by atoms with Crippen molar-refractivity contribution in [3.63, 3.8) is 0 Å². The second-order valence-corrected chi connectivity index (χ2v) is 8.87. The Kier molecular flexibility index (Phi) is 5.64. The molecule has 148 valence electrons. The van der Waals surface area contributed by atoms with Crippen LogP contribution in [0.4, 0.5) is 5.82 Å². The number of hydrogen-bond acceptors (Lipinski definition) is 4. The Hall–Kier alpha value is -1.99. The van der Waals surface area contributed by atoms with Crippen molar-refractivity contribution in [2.45, 2.75) is 50.2 Å². The molecule has 2 atom stereocenters. The highest BCUT2D eigenvalue weighted by Crippen LogP contribution is 2.36. The lowest BCUT2D eigenvalue weighted by atomic mass is 9.86. The molecule has 1 saturated carbocycles. The third-order valence-corrected chi connectivity index (χ3v) is 6.71. The van der Waals surface area contributed by atoms with E-state index in [0.717, 1.165) is 47.7 Å². The van der Waals surface area contributed by atoms with Crippen LogP contribution in [0.2, 0.25) is 5.02 Å². The molecule has 2 amide bonds. The van der Waals surface area contributed by atoms with Gasteiger partial charge < -0.3 is 10.6 Å². The molecule has 0 bridgehead atoms. The Balaban J connectivity index is 1.54. The highest BCUT2D eigenvalue weighted by molar-refractivity contribution is 7.98. The lowest BCUT2D eigenvalue weighted by Crippen LogP contribution is -2.46. The van der Waals surface area contributed by atoms with Crippen LogP contribution in [0, 0.1) is 5.92 Å². The van der Waals surface area contributed by atoms with Crippen LogP contribution in [-0.2, 0) is 21.1 Å². The summed E-state index contributed by atoms with van der Waals surface area (Å²) in [6, 6.07) is 7.31. The van der Waals surface area contributed by atoms with Gasteiger partial charge in [0.15, 0.2) is 0 Å². The van der Waals surface area contributed by atoms with Crippen LogP contribution in [0.1, 0.15) is 43.9 Å². The van der Waals surface area contributed by atoms with E-state index in [1.54, 1.807) is 28.6 Å². The first-order valence-corrected chi connectivity index (χ1v) is 11.1. The minimum Gasteiger partial charge on any atom is -0.345 e. The standard InChI is InChI=1S/C20H23ClN4O2S/c1-12-4-2-3-5-16(12)22-19(26)20(27)23-18-15-10-28-11-17(15)24-25(18)14-8-6-13(21)7-9-14/h6-9,12,16H,2-5,10-11H2,1H3,(H,22,26)(H,23,27)/t12-,16+/m1/s1. The molecule has 6 nitrogen and oxygen atoms in total. The quantitative estimate of drug-likeness (QED) is 0.741. The van der Waals surface area contributed by atoms with Crippen molar-refractivity contribution in [3.05, 3.63) is 40.5 Å². The van der Waals surface area contributed by atoms with Gasteiger partial charge in [0.05, 0.1) is 11.4 Å². The minimum absolute atomic E-state index is 0.0643. The van der Waals surface area contributed by atoms with E-state index >= 15 is 0 Å². The van der Waals surface area contributed by atoms with Gasteiger partial charge in [0, 0.05) is 28.1 Å². The van der Waals surface area contributed by atoms with E-state index < -0.39 is 11.8 Å². The Morgan fingerprint density at radius 1 is 1.14 bits per heavy atom. The lowest BCUT2D eigenvalue weighted by molar-refractivity contribution is -0.137. The SMILES string of the molecule is C[C@@H]1CCCC[C@@H]1NC(=O)C(=O)Nc1c2c(nn1-c1ccc(Cl)cc1)CSC2. The Labute approximate surface area is 173 Å². The number of carbonyl (C=O) groups is 2. The van der Waals surface area contributed by atoms with Gasteiger partial charge in [-0.25, -0.2) is 4.68 Å². The van der Waals surface area contributed by atoms with E-state index in [4.69, 9.17) is 11.6 Å². The summed E-state index contributed by atoms with van der Waals surface area (Å²) in [5.74, 6) is 1.30. The number of hydrogen-bond donors (Lipinski definition) is 2. The van der Waals surface area contributed by atoms with Gasteiger partial charge in [0.2, 0.25) is 0 Å². The zero-order chi connectivity index (χ0) is 19.7. The van der Waals surface area contributed by atoms with E-state index in [1.807, 2.05) is 12.1 Å². The molecule has 1 aromatic carbocycles. The van der Waals surface area contributed by atoms with Crippen molar-refractivity contribution in [1.29, 1.82) is 0 Å². The summed E-state index contributed by atoms with van der Waals surface area (Å²) >= 11 is 7.73. The number of halogens is 1. The van der Waals surface area contributed by atoms with Gasteiger partial charge >= 0.3 is 11.8 Å². The number of benzene rings is 1. The van der Waals surface area contributed by atoms with Crippen LogP contribution in [0.25, 0.3) is 5.69 Å². The highest BCUT2D eigenvalue weighted by atomic mass is 35.5. The van der Waals surface area contributed by atoms with Gasteiger partial charge in [-0.3, -0.25) is 9.59 Å². The smallest absolute Gasteiger partial charge is 0.314 e. The molecule has 0 radical (unpaired) electrons. The van der Waals surface area contributed by atoms with Crippen molar-refractivity contribution < 1.29 is 9.59 Å². The fraction of sp³-hybridized carbons (Fsp3) is 0.450. The summed E-state index contributed by atoms with van der Waals surface area (Å²) in [6.07, 6.45) is 4.28. The maximum Gasteiger partial charge on any atom is 0.314 e. The maximum atomic E-state index is 12.6. The summed E-state index contributed by atoms with van der Waals surface area (Å²) in [6.45, 7) is 2.13. The molecule has 0 unspecified atom stereocenters. The predicted octanol–water partition coefficient (Wildman–Crippen LogP) is 3.91. The van der Waals surface area contributed by atoms with Crippen molar-refractivity contribution in [2.75, 3.05) is 5.32 Å². The number of amides is 2. The summed E-state index contributed by atoms with van der Waals surface area (Å²) in [5, 5.41) is 11.0. The molecule has 1 aliphatic carbocycles. The average Bonchev–Trinajstić information content (AvgIpc) is 3.27. The largest absolute Gasteiger partial charge is 0.345 e. The number of aromatic nitrogens is 2. The van der Waals surface area contributed by atoms with Crippen LogP contribution in [-0.4, -0.2) is 27.6 Å². The molecule has 1 aliphatic heterocycles. The zero-order valence-corrected chi connectivity index (χ0v) is 17.3. The number of fused-ring (bicyclic) bond motifs is 1. The van der Waals surface area contributed by atoms with Crippen molar-refractivity contribution in [1.82, 2.24) is 15.1 Å². The Morgan fingerprint density at radius 3 is 2.64 bits per heavy atom. The molecular weight excluding hydrogens is 396 g/mol. The fourth-order valence-corrected chi connectivity index (χ4v) is 5.00. The number of carbonyl (C=O) groups excluding carboxylic acids is 2. The highest BCUT2D eigenvalue weighted by Gasteiger charge is 2.29. The van der Waals surface area contributed by atoms with Crippen LogP contribution in [0.15, 0.2) is 24.3 Å². The van der Waals surface area contributed by atoms with Gasteiger partial charge in [0.25, 0.3) is 0 Å². The monoisotopic (exact) mass is 418 g/mol. The van der Waals surface area contributed by atoms with Crippen molar-refractivity contribution in [2.24, 2.45) is 5.92 Å². The molecule has 2 aliphatic rings. The van der Waals surface area contributed by atoms with Crippen molar-refractivity contribution in [3.8, 4) is 5.69 Å². The first-order valence-electron chi connectivity index (χ1n) is 9.59. The van der Waals surface area contributed by atoms with E-state index in [2.05, 4.69) is 22.7 Å². The molecule has 2 N–H and O–H groups in total. The summed E-state index contributed by atoms with van der Waals surface area (Å²) in [4.78, 5) is 25.1. The number of nitrogens with zero attached hydrogens (tertiary/aromatic N) is 2. The molecule has 2 heterocycles. The number of nitrogens with one attached hydrogen (secondary N) is 2. The minimum atomic E-state index is -0.646. The molecule has 8 heteroatoms. The molecule has 1 fully saturated rings. The summed E-state index contributed by atoms with van der Waals surface area (Å²) < 4.78 is 1.69. The van der Waals surface area contributed by atoms with Crippen LogP contribution < -0.4 is 10.6 Å². The van der Waals surface area contributed by atoms with E-state index in [0.29, 0.717) is 16.8 Å². The second kappa shape index (κ2) is 8.17. The number of rotatable bonds is 3. The van der Waals surface area contributed by atoms with Gasteiger partial charge in [-0.05, 0) is 43.0 Å². The van der Waals surface area contributed by atoms with Crippen LogP contribution >= 0.6 is 23.4 Å². The maximum absolute atomic E-state index is 12.6. The lowest BCUT2D eigenvalue weighted by Gasteiger charge is -2.29. The van der Waals surface area contributed by atoms with Gasteiger partial charge in [-0.1, -0.05) is 31.4 Å². The molecule has 4 rings (SSSR count).